The fourth-order valence-electron chi connectivity index (χ4n) is 3.27. The van der Waals surface area contributed by atoms with Crippen LogP contribution in [0.4, 0.5) is 0 Å². The number of thiophene rings is 1. The maximum Gasteiger partial charge on any atom is 0.290 e. The quantitative estimate of drug-likeness (QED) is 0.625. The molecule has 140 valence electrons. The maximum absolute atomic E-state index is 13.1. The predicted octanol–water partition coefficient (Wildman–Crippen LogP) is 4.58. The average molecular weight is 411 g/mol. The number of Topliss-reactive ketones (excluding diaryl/α,β-unsaturated/α-hetero) is 1. The van der Waals surface area contributed by atoms with E-state index >= 15 is 0 Å². The van der Waals surface area contributed by atoms with E-state index in [0.29, 0.717) is 15.5 Å². The van der Waals surface area contributed by atoms with Gasteiger partial charge in [-0.3, -0.25) is 14.6 Å². The lowest BCUT2D eigenvalue weighted by molar-refractivity contribution is -0.130. The number of hydrogen-bond acceptors (Lipinski definition) is 5. The minimum Gasteiger partial charge on any atom is -0.503 e. The Balaban J connectivity index is 1.79. The van der Waals surface area contributed by atoms with Gasteiger partial charge < -0.3 is 10.0 Å². The van der Waals surface area contributed by atoms with Crippen LogP contribution in [-0.4, -0.2) is 26.7 Å². The monoisotopic (exact) mass is 410 g/mol. The van der Waals surface area contributed by atoms with Gasteiger partial charge in [-0.2, -0.15) is 0 Å². The number of amides is 1. The molecular weight excluding hydrogens is 396 g/mol. The number of rotatable bonds is 5. The number of halogens is 1. The third kappa shape index (κ3) is 3.32. The van der Waals surface area contributed by atoms with Crippen LogP contribution < -0.4 is 0 Å². The molecule has 0 radical (unpaired) electrons. The SMILES string of the molecule is O=C(C1=C(O)C(=O)N(Cc2cccnc2)[C@H]1c1ccc(Cl)cc1)c1cccs1. The van der Waals surface area contributed by atoms with Crippen LogP contribution in [0.5, 0.6) is 0 Å². The highest BCUT2D eigenvalue weighted by Crippen LogP contribution is 2.40. The smallest absolute Gasteiger partial charge is 0.290 e. The third-order valence-electron chi connectivity index (χ3n) is 4.55. The number of hydrogen-bond donors (Lipinski definition) is 1. The number of nitrogens with zero attached hydrogens (tertiary/aromatic N) is 2. The molecule has 0 spiro atoms. The Hall–Kier alpha value is -2.96. The van der Waals surface area contributed by atoms with Crippen molar-refractivity contribution in [1.82, 2.24) is 9.88 Å². The van der Waals surface area contributed by atoms with Gasteiger partial charge in [0.25, 0.3) is 5.91 Å². The molecule has 1 aliphatic heterocycles. The molecule has 1 amide bonds. The number of carbonyl (C=O) groups excluding carboxylic acids is 2. The van der Waals surface area contributed by atoms with E-state index in [2.05, 4.69) is 4.98 Å². The fraction of sp³-hybridized carbons (Fsp3) is 0.0952. The van der Waals surface area contributed by atoms with Crippen LogP contribution in [0.2, 0.25) is 5.02 Å². The summed E-state index contributed by atoms with van der Waals surface area (Å²) < 4.78 is 0. The van der Waals surface area contributed by atoms with E-state index in [-0.39, 0.29) is 17.9 Å². The first-order chi connectivity index (χ1) is 13.6. The van der Waals surface area contributed by atoms with Crippen LogP contribution in [0.15, 0.2) is 77.6 Å². The van der Waals surface area contributed by atoms with Gasteiger partial charge in [-0.25, -0.2) is 0 Å². The molecule has 3 aromatic rings. The summed E-state index contributed by atoms with van der Waals surface area (Å²) in [4.78, 5) is 32.0. The Labute approximate surface area is 170 Å². The van der Waals surface area contributed by atoms with Crippen LogP contribution in [0.3, 0.4) is 0 Å². The summed E-state index contributed by atoms with van der Waals surface area (Å²) in [5.41, 5.74) is 1.58. The molecule has 3 heterocycles. The van der Waals surface area contributed by atoms with Crippen molar-refractivity contribution in [3.8, 4) is 0 Å². The first-order valence-electron chi connectivity index (χ1n) is 8.53. The molecule has 0 bridgehead atoms. The normalized spacial score (nSPS) is 16.7. The van der Waals surface area contributed by atoms with Crippen LogP contribution in [0.1, 0.15) is 26.8 Å². The van der Waals surface area contributed by atoms with E-state index in [0.717, 1.165) is 5.56 Å². The molecule has 1 aromatic carbocycles. The molecule has 5 nitrogen and oxygen atoms in total. The molecule has 4 rings (SSSR count). The van der Waals surface area contributed by atoms with Crippen LogP contribution in [0.25, 0.3) is 0 Å². The van der Waals surface area contributed by atoms with Crippen molar-refractivity contribution in [2.45, 2.75) is 12.6 Å². The number of aliphatic hydroxyl groups is 1. The number of carbonyl (C=O) groups is 2. The highest BCUT2D eigenvalue weighted by Gasteiger charge is 2.43. The van der Waals surface area contributed by atoms with Crippen LogP contribution >= 0.6 is 22.9 Å². The van der Waals surface area contributed by atoms with Gasteiger partial charge >= 0.3 is 0 Å². The summed E-state index contributed by atoms with van der Waals surface area (Å²) in [6, 6.07) is 13.3. The summed E-state index contributed by atoms with van der Waals surface area (Å²) in [5.74, 6) is -1.44. The number of aliphatic hydroxyl groups excluding tert-OH is 1. The predicted molar refractivity (Wildman–Crippen MR) is 107 cm³/mol. The lowest BCUT2D eigenvalue weighted by atomic mass is 9.95. The molecule has 0 saturated carbocycles. The Kier molecular flexibility index (Phi) is 4.98. The summed E-state index contributed by atoms with van der Waals surface area (Å²) in [6.07, 6.45) is 3.30. The largest absolute Gasteiger partial charge is 0.503 e. The van der Waals surface area contributed by atoms with Crippen molar-refractivity contribution >= 4 is 34.6 Å². The Morgan fingerprint density at radius 2 is 1.96 bits per heavy atom. The first kappa shape index (κ1) is 18.4. The van der Waals surface area contributed by atoms with Crippen molar-refractivity contribution in [3.63, 3.8) is 0 Å². The number of ketones is 1. The summed E-state index contributed by atoms with van der Waals surface area (Å²) in [5, 5.41) is 12.9. The van der Waals surface area contributed by atoms with Gasteiger partial charge in [-0.1, -0.05) is 35.9 Å². The zero-order valence-corrected chi connectivity index (χ0v) is 16.2. The second kappa shape index (κ2) is 7.58. The molecular formula is C21H15ClN2O3S. The second-order valence-electron chi connectivity index (χ2n) is 6.32. The fourth-order valence-corrected chi connectivity index (χ4v) is 4.07. The van der Waals surface area contributed by atoms with Gasteiger partial charge in [0.2, 0.25) is 5.78 Å². The number of pyridine rings is 1. The van der Waals surface area contributed by atoms with E-state index < -0.39 is 17.7 Å². The minimum absolute atomic E-state index is 0.0821. The van der Waals surface area contributed by atoms with E-state index in [1.165, 1.54) is 16.2 Å². The second-order valence-corrected chi connectivity index (χ2v) is 7.70. The summed E-state index contributed by atoms with van der Waals surface area (Å²) in [6.45, 7) is 0.214. The molecule has 1 N–H and O–H groups in total. The van der Waals surface area contributed by atoms with Crippen LogP contribution in [-0.2, 0) is 11.3 Å². The van der Waals surface area contributed by atoms with Gasteiger partial charge in [0.1, 0.15) is 0 Å². The zero-order chi connectivity index (χ0) is 19.7. The van der Waals surface area contributed by atoms with Crippen molar-refractivity contribution in [1.29, 1.82) is 0 Å². The van der Waals surface area contributed by atoms with E-state index in [9.17, 15) is 14.7 Å². The molecule has 2 aromatic heterocycles. The Morgan fingerprint density at radius 3 is 2.61 bits per heavy atom. The maximum atomic E-state index is 13.1. The van der Waals surface area contributed by atoms with Crippen molar-refractivity contribution in [3.05, 3.63) is 98.7 Å². The van der Waals surface area contributed by atoms with Crippen molar-refractivity contribution in [2.24, 2.45) is 0 Å². The first-order valence-corrected chi connectivity index (χ1v) is 9.78. The van der Waals surface area contributed by atoms with Gasteiger partial charge in [0.05, 0.1) is 16.5 Å². The Morgan fingerprint density at radius 1 is 1.18 bits per heavy atom. The molecule has 0 aliphatic carbocycles. The molecule has 28 heavy (non-hydrogen) atoms. The summed E-state index contributed by atoms with van der Waals surface area (Å²) >= 11 is 7.28. The highest BCUT2D eigenvalue weighted by atomic mass is 35.5. The van der Waals surface area contributed by atoms with Gasteiger partial charge in [-0.15, -0.1) is 11.3 Å². The lowest BCUT2D eigenvalue weighted by Crippen LogP contribution is -2.30. The lowest BCUT2D eigenvalue weighted by Gasteiger charge is -2.26. The highest BCUT2D eigenvalue weighted by molar-refractivity contribution is 7.12. The molecule has 7 heteroatoms. The molecule has 1 atom stereocenters. The number of aromatic nitrogens is 1. The average Bonchev–Trinajstić information content (AvgIpc) is 3.33. The molecule has 0 saturated heterocycles. The van der Waals surface area contributed by atoms with Gasteiger partial charge in [0, 0.05) is 24.0 Å². The third-order valence-corrected chi connectivity index (χ3v) is 5.68. The van der Waals surface area contributed by atoms with E-state index in [4.69, 9.17) is 11.6 Å². The van der Waals surface area contributed by atoms with Gasteiger partial charge in [-0.05, 0) is 40.8 Å². The van der Waals surface area contributed by atoms with Crippen LogP contribution in [0, 0.1) is 0 Å². The minimum atomic E-state index is -0.709. The van der Waals surface area contributed by atoms with E-state index in [1.54, 1.807) is 60.2 Å². The molecule has 0 unspecified atom stereocenters. The topological polar surface area (TPSA) is 70.5 Å². The standard InChI is InChI=1S/C21H15ClN2O3S/c22-15-7-5-14(6-8-15)18-17(19(25)16-4-2-10-28-16)20(26)21(27)24(18)12-13-3-1-9-23-11-13/h1-11,18,26H,12H2/t18-/m0/s1. The van der Waals surface area contributed by atoms with Crippen molar-refractivity contribution < 1.29 is 14.7 Å². The number of benzene rings is 1. The molecule has 1 aliphatic rings. The summed E-state index contributed by atoms with van der Waals surface area (Å²) in [7, 11) is 0. The van der Waals surface area contributed by atoms with E-state index in [1.807, 2.05) is 6.07 Å². The van der Waals surface area contributed by atoms with Crippen molar-refractivity contribution in [2.75, 3.05) is 0 Å². The van der Waals surface area contributed by atoms with Gasteiger partial charge in [0.15, 0.2) is 5.76 Å². The zero-order valence-electron chi connectivity index (χ0n) is 14.6. The Bertz CT molecular complexity index is 1050. The molecule has 0 fully saturated rings.